The average molecular weight is 492 g/mol. The lowest BCUT2D eigenvalue weighted by molar-refractivity contribution is 0.0376. The van der Waals surface area contributed by atoms with E-state index in [1.54, 1.807) is 12.1 Å². The first kappa shape index (κ1) is 23.4. The van der Waals surface area contributed by atoms with Crippen molar-refractivity contribution < 1.29 is 19.0 Å². The Bertz CT molecular complexity index is 621. The van der Waals surface area contributed by atoms with E-state index >= 15 is 0 Å². The average Bonchev–Trinajstić information content (AvgIpc) is 2.69. The van der Waals surface area contributed by atoms with Crippen molar-refractivity contribution in [3.63, 3.8) is 0 Å². The number of aliphatic imine (C=N–C) groups is 1. The zero-order valence-electron chi connectivity index (χ0n) is 15.9. The molecule has 0 aliphatic carbocycles. The number of hydrogen-bond acceptors (Lipinski definition) is 6. The van der Waals surface area contributed by atoms with E-state index in [4.69, 9.17) is 19.9 Å². The van der Waals surface area contributed by atoms with Crippen LogP contribution in [0.15, 0.2) is 23.2 Å². The summed E-state index contributed by atoms with van der Waals surface area (Å²) in [5.41, 5.74) is 7.19. The Morgan fingerprint density at radius 3 is 2.74 bits per heavy atom. The van der Waals surface area contributed by atoms with Crippen LogP contribution in [0.2, 0.25) is 0 Å². The summed E-state index contributed by atoms with van der Waals surface area (Å²) in [5.74, 6) is 0.433. The van der Waals surface area contributed by atoms with Crippen LogP contribution in [-0.2, 0) is 16.0 Å². The first-order valence-corrected chi connectivity index (χ1v) is 8.73. The molecule has 1 aromatic carbocycles. The fourth-order valence-electron chi connectivity index (χ4n) is 2.69. The molecular formula is C18H29IN4O4. The van der Waals surface area contributed by atoms with Crippen LogP contribution in [0.3, 0.4) is 0 Å². The molecule has 2 rings (SSSR count). The molecule has 1 heterocycles. The van der Waals surface area contributed by atoms with Gasteiger partial charge in [0.25, 0.3) is 0 Å². The van der Waals surface area contributed by atoms with Crippen LogP contribution in [0.4, 0.5) is 0 Å². The van der Waals surface area contributed by atoms with Crippen LogP contribution in [0.1, 0.15) is 22.3 Å². The molecule has 8 nitrogen and oxygen atoms in total. The van der Waals surface area contributed by atoms with Crippen LogP contribution in [-0.4, -0.2) is 70.4 Å². The topological polar surface area (TPSA) is 98.4 Å². The Balaban J connectivity index is 0.00000364. The third-order valence-corrected chi connectivity index (χ3v) is 4.16. The predicted octanol–water partition coefficient (Wildman–Crippen LogP) is 1.23. The van der Waals surface area contributed by atoms with Crippen molar-refractivity contribution in [3.05, 3.63) is 29.3 Å². The van der Waals surface area contributed by atoms with Crippen molar-refractivity contribution in [1.82, 2.24) is 10.2 Å². The van der Waals surface area contributed by atoms with Crippen molar-refractivity contribution in [2.24, 2.45) is 10.7 Å². The van der Waals surface area contributed by atoms with Crippen LogP contribution in [0, 0.1) is 0 Å². The summed E-state index contributed by atoms with van der Waals surface area (Å²) >= 11 is 0. The maximum Gasteiger partial charge on any atom is 0.341 e. The summed E-state index contributed by atoms with van der Waals surface area (Å²) < 4.78 is 15.3. The summed E-state index contributed by atoms with van der Waals surface area (Å²) in [5, 5.41) is 3.12. The molecular weight excluding hydrogens is 463 g/mol. The summed E-state index contributed by atoms with van der Waals surface area (Å²) in [6.45, 7) is 5.82. The number of methoxy groups -OCH3 is 2. The van der Waals surface area contributed by atoms with E-state index < -0.39 is 5.97 Å². The Labute approximate surface area is 177 Å². The number of carbonyl (C=O) groups excluding carboxylic acids is 1. The maximum absolute atomic E-state index is 11.7. The third-order valence-electron chi connectivity index (χ3n) is 4.16. The fourth-order valence-corrected chi connectivity index (χ4v) is 2.69. The van der Waals surface area contributed by atoms with Gasteiger partial charge in [0.2, 0.25) is 0 Å². The lowest BCUT2D eigenvalue weighted by Gasteiger charge is -2.26. The monoisotopic (exact) mass is 492 g/mol. The molecule has 27 heavy (non-hydrogen) atoms. The van der Waals surface area contributed by atoms with Crippen LogP contribution in [0.5, 0.6) is 5.75 Å². The first-order valence-electron chi connectivity index (χ1n) is 8.73. The molecule has 0 aromatic heterocycles. The van der Waals surface area contributed by atoms with Crippen molar-refractivity contribution >= 4 is 35.9 Å². The molecule has 9 heteroatoms. The number of morpholine rings is 1. The van der Waals surface area contributed by atoms with Gasteiger partial charge in [-0.2, -0.15) is 0 Å². The molecule has 1 aliphatic heterocycles. The van der Waals surface area contributed by atoms with Gasteiger partial charge in [-0.1, -0.05) is 6.07 Å². The van der Waals surface area contributed by atoms with Gasteiger partial charge in [0, 0.05) is 19.6 Å². The van der Waals surface area contributed by atoms with Crippen molar-refractivity contribution in [1.29, 1.82) is 0 Å². The molecule has 0 radical (unpaired) electrons. The van der Waals surface area contributed by atoms with Gasteiger partial charge in [-0.05, 0) is 30.7 Å². The van der Waals surface area contributed by atoms with Gasteiger partial charge in [-0.3, -0.25) is 4.90 Å². The maximum atomic E-state index is 11.7. The fraction of sp³-hybridized carbons (Fsp3) is 0.556. The third kappa shape index (κ3) is 7.89. The first-order chi connectivity index (χ1) is 12.6. The van der Waals surface area contributed by atoms with Gasteiger partial charge >= 0.3 is 5.97 Å². The molecule has 0 saturated carbocycles. The number of ether oxygens (including phenoxy) is 3. The predicted molar refractivity (Wildman–Crippen MR) is 115 cm³/mol. The number of hydrogen-bond donors (Lipinski definition) is 2. The number of carbonyl (C=O) groups is 1. The molecule has 3 N–H and O–H groups in total. The Morgan fingerprint density at radius 2 is 2.07 bits per heavy atom. The lowest BCUT2D eigenvalue weighted by atomic mass is 10.1. The zero-order valence-corrected chi connectivity index (χ0v) is 18.2. The van der Waals surface area contributed by atoms with E-state index in [1.165, 1.54) is 14.2 Å². The second kappa shape index (κ2) is 12.7. The molecule has 0 spiro atoms. The molecule has 1 fully saturated rings. The highest BCUT2D eigenvalue weighted by atomic mass is 127. The van der Waals surface area contributed by atoms with E-state index in [2.05, 4.69) is 15.2 Å². The molecule has 0 amide bonds. The minimum atomic E-state index is -0.432. The van der Waals surface area contributed by atoms with E-state index in [9.17, 15) is 4.79 Å². The van der Waals surface area contributed by atoms with Crippen LogP contribution >= 0.6 is 24.0 Å². The summed E-state index contributed by atoms with van der Waals surface area (Å²) in [6.07, 6.45) is 0.998. The molecule has 0 bridgehead atoms. The molecule has 1 aliphatic rings. The standard InChI is InChI=1S/C18H28N4O4.HI/c1-24-16-12-14(4-5-15(16)17(23)25-2)13-21-18(19)20-6-3-7-22-8-10-26-11-9-22;/h4-5,12H,3,6-11,13H2,1-2H3,(H3,19,20,21);1H. The van der Waals surface area contributed by atoms with Crippen LogP contribution < -0.4 is 15.8 Å². The number of nitrogens with one attached hydrogen (secondary N) is 1. The van der Waals surface area contributed by atoms with Crippen LogP contribution in [0.25, 0.3) is 0 Å². The largest absolute Gasteiger partial charge is 0.496 e. The number of halogens is 1. The van der Waals surface area contributed by atoms with E-state index in [1.807, 2.05) is 6.07 Å². The minimum Gasteiger partial charge on any atom is -0.496 e. The minimum absolute atomic E-state index is 0. The highest BCUT2D eigenvalue weighted by molar-refractivity contribution is 14.0. The zero-order chi connectivity index (χ0) is 18.8. The van der Waals surface area contributed by atoms with Gasteiger partial charge in [0.15, 0.2) is 5.96 Å². The van der Waals surface area contributed by atoms with Crippen molar-refractivity contribution in [2.75, 3.05) is 53.6 Å². The van der Waals surface area contributed by atoms with E-state index in [-0.39, 0.29) is 24.0 Å². The Morgan fingerprint density at radius 1 is 1.33 bits per heavy atom. The number of rotatable bonds is 8. The van der Waals surface area contributed by atoms with Crippen molar-refractivity contribution in [2.45, 2.75) is 13.0 Å². The molecule has 0 atom stereocenters. The molecule has 1 aromatic rings. The summed E-state index contributed by atoms with van der Waals surface area (Å²) in [7, 11) is 2.85. The molecule has 152 valence electrons. The molecule has 1 saturated heterocycles. The van der Waals surface area contributed by atoms with E-state index in [0.717, 1.165) is 51.4 Å². The van der Waals surface area contributed by atoms with Gasteiger partial charge in [0.1, 0.15) is 11.3 Å². The number of guanidine groups is 1. The molecule has 0 unspecified atom stereocenters. The highest BCUT2D eigenvalue weighted by Crippen LogP contribution is 2.21. The Kier molecular flexibility index (Phi) is 11.1. The van der Waals surface area contributed by atoms with Gasteiger partial charge in [-0.25, -0.2) is 9.79 Å². The van der Waals surface area contributed by atoms with E-state index in [0.29, 0.717) is 23.8 Å². The van der Waals surface area contributed by atoms with Crippen molar-refractivity contribution in [3.8, 4) is 5.75 Å². The van der Waals surface area contributed by atoms with Gasteiger partial charge in [0.05, 0.1) is 34.0 Å². The SMILES string of the molecule is COC(=O)c1ccc(CN=C(N)NCCCN2CCOCC2)cc1OC.I. The normalized spacial score (nSPS) is 15.0. The number of esters is 1. The van der Waals surface area contributed by atoms with Gasteiger partial charge in [-0.15, -0.1) is 24.0 Å². The summed E-state index contributed by atoms with van der Waals surface area (Å²) in [4.78, 5) is 18.4. The number of benzene rings is 1. The quantitative estimate of drug-likeness (QED) is 0.185. The second-order valence-electron chi connectivity index (χ2n) is 5.96. The van der Waals surface area contributed by atoms with Gasteiger partial charge < -0.3 is 25.3 Å². The number of nitrogens with zero attached hydrogens (tertiary/aromatic N) is 2. The second-order valence-corrected chi connectivity index (χ2v) is 5.96. The smallest absolute Gasteiger partial charge is 0.341 e. The lowest BCUT2D eigenvalue weighted by Crippen LogP contribution is -2.39. The number of nitrogens with two attached hydrogens (primary N) is 1. The highest BCUT2D eigenvalue weighted by Gasteiger charge is 2.13. The Hall–Kier alpha value is -1.59. The summed E-state index contributed by atoms with van der Waals surface area (Å²) in [6, 6.07) is 5.24.